The Hall–Kier alpha value is -1.82. The third-order valence-electron chi connectivity index (χ3n) is 4.97. The zero-order valence-corrected chi connectivity index (χ0v) is 15.3. The van der Waals surface area contributed by atoms with Crippen molar-refractivity contribution in [2.75, 3.05) is 0 Å². The van der Waals surface area contributed by atoms with Gasteiger partial charge in [-0.05, 0) is 44.7 Å². The second-order valence-electron chi connectivity index (χ2n) is 7.04. The molecule has 2 aliphatic carbocycles. The normalized spacial score (nSPS) is 19.1. The molecule has 2 aliphatic rings. The van der Waals surface area contributed by atoms with Crippen LogP contribution in [0.3, 0.4) is 0 Å². The molecule has 0 radical (unpaired) electrons. The maximum absolute atomic E-state index is 12.5. The van der Waals surface area contributed by atoms with Gasteiger partial charge in [-0.25, -0.2) is 0 Å². The first-order valence-electron chi connectivity index (χ1n) is 9.20. The fourth-order valence-electron chi connectivity index (χ4n) is 3.38. The first-order chi connectivity index (χ1) is 12.2. The van der Waals surface area contributed by atoms with E-state index >= 15 is 0 Å². The molecule has 1 heterocycles. The Bertz CT molecular complexity index is 735. The van der Waals surface area contributed by atoms with Gasteiger partial charge in [0.25, 0.3) is 0 Å². The van der Waals surface area contributed by atoms with Crippen LogP contribution in [0.4, 0.5) is 0 Å². The lowest BCUT2D eigenvalue weighted by Crippen LogP contribution is -2.37. The van der Waals surface area contributed by atoms with Crippen molar-refractivity contribution in [2.45, 2.75) is 67.8 Å². The second-order valence-corrected chi connectivity index (χ2v) is 8.34. The fourth-order valence-corrected chi connectivity index (χ4v) is 4.27. The molecular weight excluding hydrogens is 332 g/mol. The van der Waals surface area contributed by atoms with Crippen LogP contribution in [0.25, 0.3) is 5.69 Å². The summed E-state index contributed by atoms with van der Waals surface area (Å²) < 4.78 is 2.13. The summed E-state index contributed by atoms with van der Waals surface area (Å²) in [6.45, 7) is 1.95. The minimum absolute atomic E-state index is 0.104. The van der Waals surface area contributed by atoms with Crippen molar-refractivity contribution in [2.24, 2.45) is 0 Å². The SMILES string of the molecule is C[C@@H](Sc1nnc(C2CC2)n1-c1ccccc1)C(=O)NC1CCCC1. The van der Waals surface area contributed by atoms with Crippen LogP contribution in [0.2, 0.25) is 0 Å². The maximum Gasteiger partial charge on any atom is 0.233 e. The highest BCUT2D eigenvalue weighted by atomic mass is 32.2. The molecule has 0 saturated heterocycles. The van der Waals surface area contributed by atoms with E-state index in [4.69, 9.17) is 0 Å². The van der Waals surface area contributed by atoms with Crippen LogP contribution in [-0.2, 0) is 4.79 Å². The van der Waals surface area contributed by atoms with E-state index in [1.54, 1.807) is 0 Å². The Morgan fingerprint density at radius 3 is 2.56 bits per heavy atom. The summed E-state index contributed by atoms with van der Waals surface area (Å²) in [6, 6.07) is 10.6. The third kappa shape index (κ3) is 3.73. The standard InChI is InChI=1S/C19H24N4OS/c1-13(18(24)20-15-7-5-6-8-15)25-19-22-21-17(14-11-12-14)23(19)16-9-3-2-4-10-16/h2-4,9-10,13-15H,5-8,11-12H2,1H3,(H,20,24)/t13-/m1/s1. The number of hydrogen-bond acceptors (Lipinski definition) is 4. The molecule has 132 valence electrons. The van der Waals surface area contributed by atoms with Gasteiger partial charge in [-0.2, -0.15) is 0 Å². The largest absolute Gasteiger partial charge is 0.352 e. The molecule has 0 unspecified atom stereocenters. The summed E-state index contributed by atoms with van der Waals surface area (Å²) >= 11 is 1.50. The van der Waals surface area contributed by atoms with Crippen LogP contribution < -0.4 is 5.32 Å². The predicted octanol–water partition coefficient (Wildman–Crippen LogP) is 3.68. The van der Waals surface area contributed by atoms with Crippen molar-refractivity contribution in [3.63, 3.8) is 0 Å². The maximum atomic E-state index is 12.5. The van der Waals surface area contributed by atoms with Gasteiger partial charge in [0.05, 0.1) is 5.25 Å². The number of nitrogens with one attached hydrogen (secondary N) is 1. The quantitative estimate of drug-likeness (QED) is 0.802. The van der Waals surface area contributed by atoms with Crippen LogP contribution in [0.15, 0.2) is 35.5 Å². The summed E-state index contributed by atoms with van der Waals surface area (Å²) in [7, 11) is 0. The van der Waals surface area contributed by atoms with Gasteiger partial charge in [0, 0.05) is 17.6 Å². The number of thioether (sulfide) groups is 1. The number of benzene rings is 1. The van der Waals surface area contributed by atoms with Gasteiger partial charge in [0.2, 0.25) is 5.91 Å². The minimum Gasteiger partial charge on any atom is -0.352 e. The summed E-state index contributed by atoms with van der Waals surface area (Å²) in [5, 5.41) is 12.6. The van der Waals surface area contributed by atoms with E-state index in [2.05, 4.69) is 32.2 Å². The predicted molar refractivity (Wildman–Crippen MR) is 99.1 cm³/mol. The number of aromatic nitrogens is 3. The first-order valence-corrected chi connectivity index (χ1v) is 10.1. The van der Waals surface area contributed by atoms with Crippen LogP contribution in [-0.4, -0.2) is 32.0 Å². The Labute approximate surface area is 152 Å². The Morgan fingerprint density at radius 2 is 1.88 bits per heavy atom. The highest BCUT2D eigenvalue weighted by Gasteiger charge is 2.32. The van der Waals surface area contributed by atoms with Crippen molar-refractivity contribution < 1.29 is 4.79 Å². The molecule has 1 atom stereocenters. The molecule has 2 saturated carbocycles. The molecule has 0 bridgehead atoms. The van der Waals surface area contributed by atoms with E-state index in [0.717, 1.165) is 29.5 Å². The molecule has 4 rings (SSSR count). The number of amides is 1. The summed E-state index contributed by atoms with van der Waals surface area (Å²) in [5.41, 5.74) is 1.07. The lowest BCUT2D eigenvalue weighted by atomic mass is 10.2. The van der Waals surface area contributed by atoms with Crippen molar-refractivity contribution in [1.82, 2.24) is 20.1 Å². The van der Waals surface area contributed by atoms with Gasteiger partial charge >= 0.3 is 0 Å². The Kier molecular flexibility index (Phi) is 4.79. The number of carbonyl (C=O) groups excluding carboxylic acids is 1. The van der Waals surface area contributed by atoms with E-state index < -0.39 is 0 Å². The van der Waals surface area contributed by atoms with E-state index in [1.165, 1.54) is 37.4 Å². The lowest BCUT2D eigenvalue weighted by Gasteiger charge is -2.16. The average Bonchev–Trinajstić information content (AvgIpc) is 3.18. The summed E-state index contributed by atoms with van der Waals surface area (Å²) in [6.07, 6.45) is 7.00. The molecule has 0 aliphatic heterocycles. The van der Waals surface area contributed by atoms with Gasteiger partial charge in [-0.15, -0.1) is 10.2 Å². The molecule has 0 spiro atoms. The number of para-hydroxylation sites is 1. The molecule has 25 heavy (non-hydrogen) atoms. The molecule has 1 aromatic heterocycles. The molecule has 1 aromatic carbocycles. The summed E-state index contributed by atoms with van der Waals surface area (Å²) in [5.74, 6) is 1.63. The van der Waals surface area contributed by atoms with Gasteiger partial charge in [0.15, 0.2) is 5.16 Å². The van der Waals surface area contributed by atoms with Crippen LogP contribution >= 0.6 is 11.8 Å². The van der Waals surface area contributed by atoms with Crippen LogP contribution in [0, 0.1) is 0 Å². The second kappa shape index (κ2) is 7.20. The number of nitrogens with zero attached hydrogens (tertiary/aromatic N) is 3. The van der Waals surface area contributed by atoms with Crippen molar-refractivity contribution >= 4 is 17.7 Å². The molecule has 1 amide bonds. The molecule has 5 nitrogen and oxygen atoms in total. The van der Waals surface area contributed by atoms with Crippen LogP contribution in [0.5, 0.6) is 0 Å². The third-order valence-corrected chi connectivity index (χ3v) is 6.01. The summed E-state index contributed by atoms with van der Waals surface area (Å²) in [4.78, 5) is 12.5. The Morgan fingerprint density at radius 1 is 1.16 bits per heavy atom. The lowest BCUT2D eigenvalue weighted by molar-refractivity contribution is -0.120. The topological polar surface area (TPSA) is 59.8 Å². The molecule has 2 fully saturated rings. The number of carbonyl (C=O) groups is 1. The molecule has 6 heteroatoms. The Balaban J connectivity index is 1.52. The van der Waals surface area contributed by atoms with E-state index in [9.17, 15) is 4.79 Å². The van der Waals surface area contributed by atoms with Gasteiger partial charge in [0.1, 0.15) is 5.82 Å². The van der Waals surface area contributed by atoms with Crippen LogP contribution in [0.1, 0.15) is 57.2 Å². The number of rotatable bonds is 6. The van der Waals surface area contributed by atoms with Crippen molar-refractivity contribution in [3.8, 4) is 5.69 Å². The van der Waals surface area contributed by atoms with Gasteiger partial charge < -0.3 is 5.32 Å². The fraction of sp³-hybridized carbons (Fsp3) is 0.526. The van der Waals surface area contributed by atoms with E-state index in [1.807, 2.05) is 25.1 Å². The van der Waals surface area contributed by atoms with Crippen molar-refractivity contribution in [3.05, 3.63) is 36.2 Å². The zero-order chi connectivity index (χ0) is 17.2. The molecule has 1 N–H and O–H groups in total. The monoisotopic (exact) mass is 356 g/mol. The molecule has 2 aromatic rings. The zero-order valence-electron chi connectivity index (χ0n) is 14.5. The smallest absolute Gasteiger partial charge is 0.233 e. The van der Waals surface area contributed by atoms with E-state index in [0.29, 0.717) is 12.0 Å². The minimum atomic E-state index is -0.181. The van der Waals surface area contributed by atoms with Gasteiger partial charge in [-0.3, -0.25) is 9.36 Å². The van der Waals surface area contributed by atoms with Gasteiger partial charge in [-0.1, -0.05) is 42.8 Å². The van der Waals surface area contributed by atoms with Crippen molar-refractivity contribution in [1.29, 1.82) is 0 Å². The van der Waals surface area contributed by atoms with E-state index in [-0.39, 0.29) is 11.2 Å². The molecular formula is C19H24N4OS. The highest BCUT2D eigenvalue weighted by Crippen LogP contribution is 2.41. The highest BCUT2D eigenvalue weighted by molar-refractivity contribution is 8.00. The number of hydrogen-bond donors (Lipinski definition) is 1. The average molecular weight is 356 g/mol. The first kappa shape index (κ1) is 16.6.